The molecule has 14 heteroatoms. The maximum absolute atomic E-state index is 15.9. The number of halogens is 2. The molecular weight excluding hydrogens is 637 g/mol. The lowest BCUT2D eigenvalue weighted by Crippen LogP contribution is -2.32. The summed E-state index contributed by atoms with van der Waals surface area (Å²) in [7, 11) is -1.56. The summed E-state index contributed by atoms with van der Waals surface area (Å²) in [6.07, 6.45) is 9.43. The van der Waals surface area contributed by atoms with Gasteiger partial charge in [-0.1, -0.05) is 11.6 Å². The van der Waals surface area contributed by atoms with Gasteiger partial charge in [-0.05, 0) is 62.8 Å². The average molecular weight is 672 g/mol. The lowest BCUT2D eigenvalue weighted by Gasteiger charge is -2.28. The highest BCUT2D eigenvalue weighted by atomic mass is 35.5. The van der Waals surface area contributed by atoms with E-state index in [0.29, 0.717) is 23.7 Å². The molecule has 11 nitrogen and oxygen atoms in total. The Morgan fingerprint density at radius 2 is 1.89 bits per heavy atom. The Hall–Kier alpha value is -3.94. The van der Waals surface area contributed by atoms with Gasteiger partial charge in [0.15, 0.2) is 0 Å². The largest absolute Gasteiger partial charge is 0.497 e. The molecule has 3 heterocycles. The number of aromatic nitrogens is 4. The Morgan fingerprint density at radius 1 is 1.02 bits per heavy atom. The number of hydrogen-bond donors (Lipinski definition) is 0. The Labute approximate surface area is 272 Å². The summed E-state index contributed by atoms with van der Waals surface area (Å²) in [5.41, 5.74) is 1.50. The first-order valence-electron chi connectivity index (χ1n) is 15.1. The molecule has 0 radical (unpaired) electrons. The Morgan fingerprint density at radius 3 is 2.63 bits per heavy atom. The molecule has 3 atom stereocenters. The van der Waals surface area contributed by atoms with Gasteiger partial charge >= 0.3 is 0 Å². The van der Waals surface area contributed by atoms with Crippen LogP contribution >= 0.6 is 11.6 Å². The SMILES string of the molecule is COc1ccc(CN(c2ccncn2)S(=O)(=O)c2cc(Cl)c(O[C@H]3CCC[C@@H]3c3ccnn3C3CCCCO3)cc2F)c(OC)c1. The van der Waals surface area contributed by atoms with Crippen LogP contribution in [0.4, 0.5) is 10.2 Å². The minimum atomic E-state index is -4.54. The van der Waals surface area contributed by atoms with Crippen molar-refractivity contribution in [3.63, 3.8) is 0 Å². The zero-order chi connectivity index (χ0) is 32.3. The van der Waals surface area contributed by atoms with E-state index < -0.39 is 20.7 Å². The number of benzene rings is 2. The first-order valence-corrected chi connectivity index (χ1v) is 16.9. The van der Waals surface area contributed by atoms with Crippen LogP contribution in [-0.4, -0.2) is 55.1 Å². The van der Waals surface area contributed by atoms with Crippen molar-refractivity contribution in [2.45, 2.75) is 68.2 Å². The van der Waals surface area contributed by atoms with Crippen molar-refractivity contribution in [1.29, 1.82) is 0 Å². The van der Waals surface area contributed by atoms with E-state index in [9.17, 15) is 8.42 Å². The van der Waals surface area contributed by atoms with E-state index >= 15 is 4.39 Å². The number of sulfonamides is 1. The summed E-state index contributed by atoms with van der Waals surface area (Å²) in [5, 5.41) is 4.51. The summed E-state index contributed by atoms with van der Waals surface area (Å²) in [5.74, 6) is 0.00947. The van der Waals surface area contributed by atoms with Crippen molar-refractivity contribution in [2.75, 3.05) is 25.1 Å². The number of hydrogen-bond acceptors (Lipinski definition) is 9. The Balaban J connectivity index is 1.29. The van der Waals surface area contributed by atoms with Crippen LogP contribution in [0, 0.1) is 5.82 Å². The van der Waals surface area contributed by atoms with Crippen LogP contribution in [0.5, 0.6) is 17.2 Å². The molecule has 2 aliphatic rings. The van der Waals surface area contributed by atoms with Gasteiger partial charge < -0.3 is 18.9 Å². The van der Waals surface area contributed by atoms with E-state index in [-0.39, 0.29) is 41.4 Å². The molecule has 1 saturated heterocycles. The normalized spacial score (nSPS) is 20.0. The fraction of sp³-hybridized carbons (Fsp3) is 0.406. The number of anilines is 1. The molecule has 1 unspecified atom stereocenters. The summed E-state index contributed by atoms with van der Waals surface area (Å²) in [4.78, 5) is 7.42. The number of rotatable bonds is 11. The molecule has 2 aromatic heterocycles. The van der Waals surface area contributed by atoms with Gasteiger partial charge in [-0.25, -0.2) is 31.8 Å². The summed E-state index contributed by atoms with van der Waals surface area (Å²) in [6, 6.07) is 10.5. The molecule has 0 spiro atoms. The van der Waals surface area contributed by atoms with Gasteiger partial charge in [0.2, 0.25) is 0 Å². The molecule has 4 aromatic rings. The van der Waals surface area contributed by atoms with Crippen molar-refractivity contribution < 1.29 is 31.8 Å². The van der Waals surface area contributed by atoms with Crippen LogP contribution in [0.1, 0.15) is 61.9 Å². The first kappa shape index (κ1) is 32.0. The number of methoxy groups -OCH3 is 2. The average Bonchev–Trinajstić information content (AvgIpc) is 3.75. The van der Waals surface area contributed by atoms with Crippen LogP contribution in [0.3, 0.4) is 0 Å². The topological polar surface area (TPSA) is 118 Å². The summed E-state index contributed by atoms with van der Waals surface area (Å²) in [6.45, 7) is 0.477. The monoisotopic (exact) mass is 671 g/mol. The molecule has 0 amide bonds. The molecule has 46 heavy (non-hydrogen) atoms. The van der Waals surface area contributed by atoms with E-state index in [1.54, 1.807) is 24.4 Å². The van der Waals surface area contributed by atoms with E-state index in [1.165, 1.54) is 32.8 Å². The summed E-state index contributed by atoms with van der Waals surface area (Å²) < 4.78 is 70.1. The predicted octanol–water partition coefficient (Wildman–Crippen LogP) is 6.29. The molecule has 2 aromatic carbocycles. The third-order valence-corrected chi connectivity index (χ3v) is 10.5. The highest BCUT2D eigenvalue weighted by molar-refractivity contribution is 7.92. The fourth-order valence-corrected chi connectivity index (χ4v) is 7.86. The minimum absolute atomic E-state index is 0.0108. The Bertz CT molecular complexity index is 1770. The highest BCUT2D eigenvalue weighted by Crippen LogP contribution is 2.41. The highest BCUT2D eigenvalue weighted by Gasteiger charge is 2.36. The molecule has 1 aliphatic carbocycles. The lowest BCUT2D eigenvalue weighted by atomic mass is 10.0. The van der Waals surface area contributed by atoms with Gasteiger partial charge in [0.05, 0.1) is 25.8 Å². The van der Waals surface area contributed by atoms with Crippen molar-refractivity contribution in [3.8, 4) is 17.2 Å². The minimum Gasteiger partial charge on any atom is -0.497 e. The lowest BCUT2D eigenvalue weighted by molar-refractivity contribution is -0.0423. The van der Waals surface area contributed by atoms with Crippen LogP contribution in [0.2, 0.25) is 5.02 Å². The first-order chi connectivity index (χ1) is 22.3. The third kappa shape index (κ3) is 6.49. The zero-order valence-corrected chi connectivity index (χ0v) is 27.1. The standard InChI is InChI=1S/C32H35ClFN5O6S/c1-42-22-10-9-21(28(16-22)43-2)19-38(31-12-13-35-20-36-31)46(40,41)30-17-24(33)29(18-25(30)34)45-27-7-5-6-23(27)26-11-14-37-39(26)32-8-3-4-15-44-32/h9-14,16-18,20,23,27,32H,3-8,15,19H2,1-2H3/t23-,27+,32?/m1/s1. The van der Waals surface area contributed by atoms with Gasteiger partial charge in [-0.15, -0.1) is 0 Å². The molecule has 0 N–H and O–H groups in total. The van der Waals surface area contributed by atoms with Gasteiger partial charge in [0, 0.05) is 54.4 Å². The number of ether oxygens (including phenoxy) is 4. The van der Waals surface area contributed by atoms with Gasteiger partial charge in [-0.3, -0.25) is 0 Å². The second-order valence-electron chi connectivity index (χ2n) is 11.2. The second kappa shape index (κ2) is 13.8. The quantitative estimate of drug-likeness (QED) is 0.181. The Kier molecular flexibility index (Phi) is 9.62. The van der Waals surface area contributed by atoms with Crippen molar-refractivity contribution in [1.82, 2.24) is 19.7 Å². The van der Waals surface area contributed by atoms with Crippen LogP contribution in [-0.2, 0) is 21.3 Å². The zero-order valence-electron chi connectivity index (χ0n) is 25.5. The van der Waals surface area contributed by atoms with E-state index in [1.807, 2.05) is 10.7 Å². The number of nitrogens with zero attached hydrogens (tertiary/aromatic N) is 5. The molecule has 1 aliphatic heterocycles. The van der Waals surface area contributed by atoms with Gasteiger partial charge in [0.1, 0.15) is 52.4 Å². The van der Waals surface area contributed by atoms with Crippen LogP contribution in [0.25, 0.3) is 0 Å². The molecule has 6 rings (SSSR count). The third-order valence-electron chi connectivity index (χ3n) is 8.42. The maximum Gasteiger partial charge on any atom is 0.268 e. The van der Waals surface area contributed by atoms with Crippen molar-refractivity contribution in [2.24, 2.45) is 0 Å². The van der Waals surface area contributed by atoms with Gasteiger partial charge in [-0.2, -0.15) is 5.10 Å². The van der Waals surface area contributed by atoms with Crippen LogP contribution in [0.15, 0.2) is 66.1 Å². The fourth-order valence-electron chi connectivity index (χ4n) is 6.12. The van der Waals surface area contributed by atoms with Crippen molar-refractivity contribution in [3.05, 3.63) is 83.3 Å². The molecular formula is C32H35ClFN5O6S. The van der Waals surface area contributed by atoms with Crippen LogP contribution < -0.4 is 18.5 Å². The molecule has 1 saturated carbocycles. The summed E-state index contributed by atoms with van der Waals surface area (Å²) >= 11 is 6.63. The molecule has 244 valence electrons. The van der Waals surface area contributed by atoms with E-state index in [0.717, 1.165) is 60.7 Å². The smallest absolute Gasteiger partial charge is 0.268 e. The van der Waals surface area contributed by atoms with Crippen molar-refractivity contribution >= 4 is 27.4 Å². The van der Waals surface area contributed by atoms with Gasteiger partial charge in [0.25, 0.3) is 10.0 Å². The van der Waals surface area contributed by atoms with E-state index in [2.05, 4.69) is 15.1 Å². The predicted molar refractivity (Wildman–Crippen MR) is 168 cm³/mol. The molecule has 2 fully saturated rings. The maximum atomic E-state index is 15.9. The van der Waals surface area contributed by atoms with E-state index in [4.69, 9.17) is 30.5 Å². The second-order valence-corrected chi connectivity index (χ2v) is 13.4. The molecule has 0 bridgehead atoms.